The van der Waals surface area contributed by atoms with E-state index in [-0.39, 0.29) is 11.9 Å². The van der Waals surface area contributed by atoms with Crippen LogP contribution >= 0.6 is 11.8 Å². The first-order valence-corrected chi connectivity index (χ1v) is 8.05. The molecule has 1 aromatic rings. The molecule has 3 unspecified atom stereocenters. The summed E-state index contributed by atoms with van der Waals surface area (Å²) in [5, 5.41) is 4.38. The van der Waals surface area contributed by atoms with E-state index in [2.05, 4.69) is 18.5 Å². The van der Waals surface area contributed by atoms with Crippen molar-refractivity contribution in [3.05, 3.63) is 29.6 Å². The smallest absolute Gasteiger partial charge is 0.165 e. The molecule has 0 radical (unpaired) electrons. The minimum Gasteiger partial charge on any atom is -0.494 e. The van der Waals surface area contributed by atoms with Gasteiger partial charge in [-0.1, -0.05) is 6.07 Å². The highest BCUT2D eigenvalue weighted by Crippen LogP contribution is 2.30. The quantitative estimate of drug-likeness (QED) is 0.889. The molecule has 0 heterocycles. The lowest BCUT2D eigenvalue weighted by Crippen LogP contribution is -2.29. The standard InChI is InChI=1S/C15H22FNOS/c1-10(17-12-5-6-13(9-12)19-3)11-4-7-15(18-2)14(16)8-11/h4,7-8,10,12-13,17H,5-6,9H2,1-3H3. The van der Waals surface area contributed by atoms with Crippen LogP contribution in [0.25, 0.3) is 0 Å². The first-order valence-electron chi connectivity index (χ1n) is 6.76. The number of rotatable bonds is 5. The van der Waals surface area contributed by atoms with Crippen molar-refractivity contribution in [2.75, 3.05) is 13.4 Å². The zero-order valence-electron chi connectivity index (χ0n) is 11.8. The molecule has 0 aliphatic heterocycles. The van der Waals surface area contributed by atoms with Gasteiger partial charge in [-0.15, -0.1) is 0 Å². The molecule has 0 aromatic heterocycles. The summed E-state index contributed by atoms with van der Waals surface area (Å²) in [5.74, 6) is 0.0151. The highest BCUT2D eigenvalue weighted by Gasteiger charge is 2.25. The average molecular weight is 283 g/mol. The van der Waals surface area contributed by atoms with Gasteiger partial charge < -0.3 is 10.1 Å². The maximum absolute atomic E-state index is 13.7. The van der Waals surface area contributed by atoms with Crippen molar-refractivity contribution in [3.63, 3.8) is 0 Å². The largest absolute Gasteiger partial charge is 0.494 e. The Morgan fingerprint density at radius 1 is 1.42 bits per heavy atom. The first kappa shape index (κ1) is 14.7. The lowest BCUT2D eigenvalue weighted by Gasteiger charge is -2.20. The third-order valence-corrected chi connectivity index (χ3v) is 4.97. The zero-order valence-corrected chi connectivity index (χ0v) is 12.6. The number of thioether (sulfide) groups is 1. The Bertz CT molecular complexity index is 427. The summed E-state index contributed by atoms with van der Waals surface area (Å²) in [5.41, 5.74) is 0.978. The summed E-state index contributed by atoms with van der Waals surface area (Å²) in [6.07, 6.45) is 5.89. The molecule has 1 fully saturated rings. The highest BCUT2D eigenvalue weighted by molar-refractivity contribution is 7.99. The molecule has 1 N–H and O–H groups in total. The van der Waals surface area contributed by atoms with Crippen LogP contribution < -0.4 is 10.1 Å². The van der Waals surface area contributed by atoms with Crippen molar-refractivity contribution >= 4 is 11.8 Å². The molecule has 4 heteroatoms. The lowest BCUT2D eigenvalue weighted by molar-refractivity contribution is 0.385. The van der Waals surface area contributed by atoms with Crippen LogP contribution in [0.15, 0.2) is 18.2 Å². The molecule has 1 aliphatic rings. The van der Waals surface area contributed by atoms with Gasteiger partial charge in [-0.05, 0) is 50.1 Å². The molecule has 3 atom stereocenters. The van der Waals surface area contributed by atoms with Crippen LogP contribution in [0.3, 0.4) is 0 Å². The molecule has 1 saturated carbocycles. The molecule has 2 nitrogen and oxygen atoms in total. The molecule has 106 valence electrons. The maximum atomic E-state index is 13.7. The minimum atomic E-state index is -0.290. The summed E-state index contributed by atoms with van der Waals surface area (Å²) in [6, 6.07) is 5.92. The van der Waals surface area contributed by atoms with Crippen LogP contribution in [-0.4, -0.2) is 24.7 Å². The van der Waals surface area contributed by atoms with E-state index in [1.807, 2.05) is 17.8 Å². The van der Waals surface area contributed by atoms with E-state index in [1.54, 1.807) is 12.1 Å². The monoisotopic (exact) mass is 283 g/mol. The fourth-order valence-electron chi connectivity index (χ4n) is 2.71. The van der Waals surface area contributed by atoms with Crippen molar-refractivity contribution in [2.24, 2.45) is 0 Å². The van der Waals surface area contributed by atoms with E-state index in [0.717, 1.165) is 10.8 Å². The number of benzene rings is 1. The van der Waals surface area contributed by atoms with Crippen molar-refractivity contribution in [2.45, 2.75) is 43.5 Å². The first-order chi connectivity index (χ1) is 9.13. The van der Waals surface area contributed by atoms with Crippen LogP contribution in [0.1, 0.15) is 37.8 Å². The molecule has 19 heavy (non-hydrogen) atoms. The third-order valence-electron chi connectivity index (χ3n) is 3.88. The van der Waals surface area contributed by atoms with Crippen LogP contribution in [0, 0.1) is 5.82 Å². The van der Waals surface area contributed by atoms with E-state index < -0.39 is 0 Å². The van der Waals surface area contributed by atoms with Gasteiger partial charge in [0.25, 0.3) is 0 Å². The van der Waals surface area contributed by atoms with Crippen LogP contribution in [-0.2, 0) is 0 Å². The molecule has 0 bridgehead atoms. The van der Waals surface area contributed by atoms with Gasteiger partial charge in [0.1, 0.15) is 0 Å². The number of hydrogen-bond acceptors (Lipinski definition) is 3. The molecule has 0 saturated heterocycles. The van der Waals surface area contributed by atoms with E-state index in [0.29, 0.717) is 11.8 Å². The Morgan fingerprint density at radius 2 is 2.21 bits per heavy atom. The van der Waals surface area contributed by atoms with Crippen LogP contribution in [0.2, 0.25) is 0 Å². The third kappa shape index (κ3) is 3.63. The summed E-state index contributed by atoms with van der Waals surface area (Å²) in [4.78, 5) is 0. The summed E-state index contributed by atoms with van der Waals surface area (Å²) >= 11 is 1.95. The Kier molecular flexibility index (Phi) is 5.11. The van der Waals surface area contributed by atoms with E-state index in [1.165, 1.54) is 26.4 Å². The van der Waals surface area contributed by atoms with Crippen molar-refractivity contribution in [3.8, 4) is 5.75 Å². The van der Waals surface area contributed by atoms with Crippen molar-refractivity contribution < 1.29 is 9.13 Å². The number of halogens is 1. The van der Waals surface area contributed by atoms with Gasteiger partial charge in [0.15, 0.2) is 11.6 Å². The number of methoxy groups -OCH3 is 1. The van der Waals surface area contributed by atoms with E-state index in [4.69, 9.17) is 4.74 Å². The van der Waals surface area contributed by atoms with Crippen LogP contribution in [0.4, 0.5) is 4.39 Å². The van der Waals surface area contributed by atoms with E-state index >= 15 is 0 Å². The second-order valence-electron chi connectivity index (χ2n) is 5.15. The number of ether oxygens (including phenoxy) is 1. The topological polar surface area (TPSA) is 21.3 Å². The molecule has 2 rings (SSSR count). The number of nitrogens with one attached hydrogen (secondary N) is 1. The van der Waals surface area contributed by atoms with Gasteiger partial charge >= 0.3 is 0 Å². The van der Waals surface area contributed by atoms with Gasteiger partial charge in [0.05, 0.1) is 7.11 Å². The Labute approximate surface area is 119 Å². The summed E-state index contributed by atoms with van der Waals surface area (Å²) in [6.45, 7) is 2.09. The second kappa shape index (κ2) is 6.62. The summed E-state index contributed by atoms with van der Waals surface area (Å²) < 4.78 is 18.6. The predicted octanol–water partition coefficient (Wildman–Crippen LogP) is 3.77. The van der Waals surface area contributed by atoms with E-state index in [9.17, 15) is 4.39 Å². The van der Waals surface area contributed by atoms with Gasteiger partial charge in [0, 0.05) is 17.3 Å². The molecule has 0 spiro atoms. The normalized spacial score (nSPS) is 24.4. The lowest BCUT2D eigenvalue weighted by atomic mass is 10.1. The predicted molar refractivity (Wildman–Crippen MR) is 79.4 cm³/mol. The number of hydrogen-bond donors (Lipinski definition) is 1. The Hall–Kier alpha value is -0.740. The zero-order chi connectivity index (χ0) is 13.8. The summed E-state index contributed by atoms with van der Waals surface area (Å²) in [7, 11) is 1.49. The molecule has 1 aliphatic carbocycles. The highest BCUT2D eigenvalue weighted by atomic mass is 32.2. The van der Waals surface area contributed by atoms with Gasteiger partial charge in [0.2, 0.25) is 0 Å². The Balaban J connectivity index is 1.96. The van der Waals surface area contributed by atoms with Gasteiger partial charge in [-0.3, -0.25) is 0 Å². The molecular weight excluding hydrogens is 261 g/mol. The SMILES string of the molecule is COc1ccc(C(C)NC2CCC(SC)C2)cc1F. The minimum absolute atomic E-state index is 0.172. The van der Waals surface area contributed by atoms with Crippen molar-refractivity contribution in [1.82, 2.24) is 5.32 Å². The van der Waals surface area contributed by atoms with Gasteiger partial charge in [-0.25, -0.2) is 4.39 Å². The van der Waals surface area contributed by atoms with Gasteiger partial charge in [-0.2, -0.15) is 11.8 Å². The molecular formula is C15H22FNOS. The van der Waals surface area contributed by atoms with Crippen LogP contribution in [0.5, 0.6) is 5.75 Å². The maximum Gasteiger partial charge on any atom is 0.165 e. The fourth-order valence-corrected chi connectivity index (χ4v) is 3.50. The van der Waals surface area contributed by atoms with Crippen molar-refractivity contribution in [1.29, 1.82) is 0 Å². The second-order valence-corrected chi connectivity index (χ2v) is 6.29. The Morgan fingerprint density at radius 3 is 2.79 bits per heavy atom. The fraction of sp³-hybridized carbons (Fsp3) is 0.600. The average Bonchev–Trinajstić information content (AvgIpc) is 2.86. The molecule has 0 amide bonds. The molecule has 1 aromatic carbocycles.